The SMILES string of the molecule is CCCCCCc1cc(C2=CC(CCCCC)=C(c3cc(CCCCCC)c(CCCCCC)c(CCCCCC)c3)[N+]2=[N-])cc(CCCCCC)c1CCCCCC. The van der Waals surface area contributed by atoms with Crippen molar-refractivity contribution < 1.29 is 4.70 Å². The first-order valence-electron chi connectivity index (χ1n) is 26.2. The van der Waals surface area contributed by atoms with Gasteiger partial charge in [-0.3, -0.25) is 0 Å². The monoisotopic (exact) mass is 807 g/mol. The molecule has 0 spiro atoms. The molecule has 0 saturated carbocycles. The number of nitrogens with zero attached hydrogens (tertiary/aromatic N) is 2. The first-order valence-corrected chi connectivity index (χ1v) is 26.2. The van der Waals surface area contributed by atoms with Crippen LogP contribution >= 0.6 is 0 Å². The molecule has 0 radical (unpaired) electrons. The molecule has 0 amide bonds. The third-order valence-electron chi connectivity index (χ3n) is 13.3. The fourth-order valence-electron chi connectivity index (χ4n) is 9.66. The Labute approximate surface area is 367 Å². The van der Waals surface area contributed by atoms with E-state index in [1.807, 2.05) is 0 Å². The Hall–Kier alpha value is -2.48. The highest BCUT2D eigenvalue weighted by atomic mass is 15.2. The Morgan fingerprint density at radius 2 is 0.627 bits per heavy atom. The summed E-state index contributed by atoms with van der Waals surface area (Å²) in [6, 6.07) is 10.1. The maximum absolute atomic E-state index is 12.7. The van der Waals surface area contributed by atoms with E-state index in [2.05, 4.69) is 78.8 Å². The van der Waals surface area contributed by atoms with E-state index < -0.39 is 0 Å². The Morgan fingerprint density at radius 3 is 0.966 bits per heavy atom. The van der Waals surface area contributed by atoms with Crippen LogP contribution in [0.5, 0.6) is 0 Å². The molecular weight excluding hydrogens is 713 g/mol. The second-order valence-electron chi connectivity index (χ2n) is 18.6. The van der Waals surface area contributed by atoms with Crippen LogP contribution in [0.1, 0.15) is 273 Å². The summed E-state index contributed by atoms with van der Waals surface area (Å²) < 4.78 is 1.66. The summed E-state index contributed by atoms with van der Waals surface area (Å²) >= 11 is 0. The van der Waals surface area contributed by atoms with Crippen molar-refractivity contribution >= 4 is 11.4 Å². The van der Waals surface area contributed by atoms with Gasteiger partial charge in [0.05, 0.1) is 0 Å². The minimum atomic E-state index is 1.01. The quantitative estimate of drug-likeness (QED) is 0.0484. The molecule has 0 aliphatic carbocycles. The minimum Gasteiger partial charge on any atom is -0.493 e. The van der Waals surface area contributed by atoms with Crippen molar-refractivity contribution in [3.63, 3.8) is 0 Å². The number of benzene rings is 2. The molecule has 2 heteroatoms. The van der Waals surface area contributed by atoms with Gasteiger partial charge in [0.1, 0.15) is 0 Å². The third-order valence-corrected chi connectivity index (χ3v) is 13.3. The molecule has 0 N–H and O–H groups in total. The highest BCUT2D eigenvalue weighted by Crippen LogP contribution is 2.41. The van der Waals surface area contributed by atoms with Crippen molar-refractivity contribution in [2.75, 3.05) is 0 Å². The van der Waals surface area contributed by atoms with E-state index in [4.69, 9.17) is 0 Å². The summed E-state index contributed by atoms with van der Waals surface area (Å²) in [7, 11) is 0. The lowest BCUT2D eigenvalue weighted by Gasteiger charge is -2.20. The molecular formula is C57H94N2. The van der Waals surface area contributed by atoms with Gasteiger partial charge in [-0.2, -0.15) is 0 Å². The standard InChI is InChI=1S/C57H94N2/c1-8-15-22-29-35-47-42-52(43-48(36-30-23-16-9-2)54(47)40-33-26-19-12-5)56-46-51(39-28-21-14-7)57(59(56)58)53-44-49(37-31-24-17-10-3)55(41-34-27-20-13-6)50(45-53)38-32-25-18-11-4/h42-46H,8-41H2,1-7H3. The smallest absolute Gasteiger partial charge is 0.210 e. The maximum Gasteiger partial charge on any atom is 0.210 e. The van der Waals surface area contributed by atoms with Crippen LogP contribution in [0.25, 0.3) is 16.9 Å². The normalized spacial score (nSPS) is 13.0. The fourth-order valence-corrected chi connectivity index (χ4v) is 9.66. The molecule has 332 valence electrons. The predicted octanol–water partition coefficient (Wildman–Crippen LogP) is 18.8. The number of aryl methyl sites for hydroxylation is 4. The van der Waals surface area contributed by atoms with E-state index in [0.717, 1.165) is 49.9 Å². The molecule has 0 atom stereocenters. The molecule has 1 aliphatic heterocycles. The first-order chi connectivity index (χ1) is 29.0. The van der Waals surface area contributed by atoms with Crippen LogP contribution in [0.15, 0.2) is 35.9 Å². The highest BCUT2D eigenvalue weighted by Gasteiger charge is 2.31. The largest absolute Gasteiger partial charge is 0.493 e. The van der Waals surface area contributed by atoms with Gasteiger partial charge in [-0.25, -0.2) is 4.70 Å². The zero-order valence-electron chi connectivity index (χ0n) is 40.3. The van der Waals surface area contributed by atoms with Crippen LogP contribution in [0, 0.1) is 0 Å². The van der Waals surface area contributed by atoms with E-state index in [1.54, 1.807) is 38.1 Å². The average molecular weight is 807 g/mol. The lowest BCUT2D eigenvalue weighted by atomic mass is 9.87. The van der Waals surface area contributed by atoms with Crippen molar-refractivity contribution in [1.29, 1.82) is 0 Å². The predicted molar refractivity (Wildman–Crippen MR) is 263 cm³/mol. The number of hydrogen-bond acceptors (Lipinski definition) is 0. The van der Waals surface area contributed by atoms with Gasteiger partial charge < -0.3 is 5.53 Å². The second-order valence-corrected chi connectivity index (χ2v) is 18.6. The van der Waals surface area contributed by atoms with Gasteiger partial charge in [0.15, 0.2) is 0 Å². The molecule has 2 aromatic rings. The fraction of sp³-hybridized carbons (Fsp3) is 0.719. The van der Waals surface area contributed by atoms with Gasteiger partial charge >= 0.3 is 0 Å². The summed E-state index contributed by atoms with van der Waals surface area (Å²) in [6.07, 6.45) is 45.1. The zero-order chi connectivity index (χ0) is 42.5. The van der Waals surface area contributed by atoms with Gasteiger partial charge in [0.2, 0.25) is 11.4 Å². The van der Waals surface area contributed by atoms with E-state index in [0.29, 0.717) is 0 Å². The molecule has 2 nitrogen and oxygen atoms in total. The van der Waals surface area contributed by atoms with Crippen molar-refractivity contribution in [2.45, 2.75) is 267 Å². The molecule has 0 aromatic heterocycles. The van der Waals surface area contributed by atoms with Crippen molar-refractivity contribution in [2.24, 2.45) is 0 Å². The number of unbranched alkanes of at least 4 members (excludes halogenated alkanes) is 20. The maximum atomic E-state index is 12.7. The lowest BCUT2D eigenvalue weighted by Crippen LogP contribution is -2.09. The molecule has 0 bridgehead atoms. The number of hydrogen-bond donors (Lipinski definition) is 0. The number of rotatable bonds is 36. The summed E-state index contributed by atoms with van der Waals surface area (Å²) in [6.45, 7) is 16.3. The minimum absolute atomic E-state index is 1.01. The van der Waals surface area contributed by atoms with E-state index in [1.165, 1.54) is 196 Å². The average Bonchev–Trinajstić information content (AvgIpc) is 3.57. The lowest BCUT2D eigenvalue weighted by molar-refractivity contribution is -0.344. The van der Waals surface area contributed by atoms with Gasteiger partial charge in [0, 0.05) is 22.8 Å². The Balaban J connectivity index is 2.18. The van der Waals surface area contributed by atoms with Crippen LogP contribution in [-0.2, 0) is 38.5 Å². The van der Waals surface area contributed by atoms with E-state index in [9.17, 15) is 5.53 Å². The second kappa shape index (κ2) is 31.4. The molecule has 2 aromatic carbocycles. The molecule has 0 saturated heterocycles. The number of allylic oxidation sites excluding steroid dienone is 2. The molecule has 0 fully saturated rings. The summed E-state index contributed by atoms with van der Waals surface area (Å²) in [5.41, 5.74) is 28.1. The van der Waals surface area contributed by atoms with Crippen LogP contribution in [0.4, 0.5) is 0 Å². The Morgan fingerprint density at radius 1 is 0.339 bits per heavy atom. The Kier molecular flexibility index (Phi) is 27.1. The summed E-state index contributed by atoms with van der Waals surface area (Å²) in [5.74, 6) is 0. The topological polar surface area (TPSA) is 25.3 Å². The van der Waals surface area contributed by atoms with E-state index in [-0.39, 0.29) is 0 Å². The van der Waals surface area contributed by atoms with Gasteiger partial charge in [0.25, 0.3) is 0 Å². The molecule has 1 heterocycles. The van der Waals surface area contributed by atoms with E-state index >= 15 is 0 Å². The van der Waals surface area contributed by atoms with Gasteiger partial charge in [-0.1, -0.05) is 177 Å². The van der Waals surface area contributed by atoms with Crippen molar-refractivity contribution in [3.05, 3.63) is 86.0 Å². The Bertz CT molecular complexity index is 1460. The van der Waals surface area contributed by atoms with Gasteiger partial charge in [-0.15, -0.1) is 0 Å². The van der Waals surface area contributed by atoms with Crippen LogP contribution in [0.2, 0.25) is 0 Å². The molecule has 3 rings (SSSR count). The summed E-state index contributed by atoms with van der Waals surface area (Å²) in [4.78, 5) is 0. The van der Waals surface area contributed by atoms with Crippen LogP contribution < -0.4 is 0 Å². The third kappa shape index (κ3) is 17.8. The molecule has 59 heavy (non-hydrogen) atoms. The van der Waals surface area contributed by atoms with Crippen molar-refractivity contribution in [3.8, 4) is 0 Å². The zero-order valence-corrected chi connectivity index (χ0v) is 40.3. The molecule has 1 aliphatic rings. The molecule has 0 unspecified atom stereocenters. The van der Waals surface area contributed by atoms with Crippen LogP contribution in [-0.4, -0.2) is 4.70 Å². The first kappa shape index (κ1) is 50.9. The summed E-state index contributed by atoms with van der Waals surface area (Å²) in [5, 5.41) is 0. The van der Waals surface area contributed by atoms with Crippen molar-refractivity contribution in [1.82, 2.24) is 0 Å². The van der Waals surface area contributed by atoms with Gasteiger partial charge in [-0.05, 0) is 148 Å². The van der Waals surface area contributed by atoms with Crippen LogP contribution in [0.3, 0.4) is 0 Å². The highest BCUT2D eigenvalue weighted by molar-refractivity contribution is 5.79.